The standard InChI is InChI=1S/C15H26N2/c1-2-12-7-11(1)8-14(12)9-16-15-4-6-17-5-3-13(15)10-17/h11-16H,1-10H2. The van der Waals surface area contributed by atoms with Gasteiger partial charge in [0.05, 0.1) is 0 Å². The highest BCUT2D eigenvalue weighted by molar-refractivity contribution is 4.94. The third kappa shape index (κ3) is 1.94. The summed E-state index contributed by atoms with van der Waals surface area (Å²) in [4.78, 5) is 2.65. The van der Waals surface area contributed by atoms with Crippen LogP contribution in [0.5, 0.6) is 0 Å². The van der Waals surface area contributed by atoms with Crippen LogP contribution < -0.4 is 5.32 Å². The lowest BCUT2D eigenvalue weighted by Gasteiger charge is -2.33. The fraction of sp³-hybridized carbons (Fsp3) is 1.00. The van der Waals surface area contributed by atoms with E-state index in [1.807, 2.05) is 0 Å². The van der Waals surface area contributed by atoms with E-state index in [1.165, 1.54) is 39.0 Å². The summed E-state index contributed by atoms with van der Waals surface area (Å²) in [5.41, 5.74) is 0. The van der Waals surface area contributed by atoms with E-state index < -0.39 is 0 Å². The van der Waals surface area contributed by atoms with Crippen molar-refractivity contribution in [2.75, 3.05) is 26.2 Å². The fourth-order valence-corrected chi connectivity index (χ4v) is 5.15. The summed E-state index contributed by atoms with van der Waals surface area (Å²) in [6.45, 7) is 5.44. The molecular formula is C15H26N2. The zero-order valence-corrected chi connectivity index (χ0v) is 10.9. The predicted molar refractivity (Wildman–Crippen MR) is 69.9 cm³/mol. The zero-order valence-electron chi connectivity index (χ0n) is 10.9. The van der Waals surface area contributed by atoms with E-state index in [1.54, 1.807) is 25.7 Å². The number of nitrogens with zero attached hydrogens (tertiary/aromatic N) is 1. The smallest absolute Gasteiger partial charge is 0.0120 e. The first kappa shape index (κ1) is 10.8. The van der Waals surface area contributed by atoms with Crippen molar-refractivity contribution < 1.29 is 0 Å². The second-order valence-electron chi connectivity index (χ2n) is 7.09. The molecule has 0 amide bonds. The first-order chi connectivity index (χ1) is 8.38. The zero-order chi connectivity index (χ0) is 11.2. The summed E-state index contributed by atoms with van der Waals surface area (Å²) in [6, 6.07) is 0.855. The van der Waals surface area contributed by atoms with Crippen LogP contribution in [-0.4, -0.2) is 37.1 Å². The van der Waals surface area contributed by atoms with Gasteiger partial charge in [0.15, 0.2) is 0 Å². The van der Waals surface area contributed by atoms with Crippen molar-refractivity contribution in [1.29, 1.82) is 0 Å². The molecule has 0 aromatic carbocycles. The topological polar surface area (TPSA) is 15.3 Å². The molecule has 6 atom stereocenters. The van der Waals surface area contributed by atoms with E-state index in [0.29, 0.717) is 0 Å². The third-order valence-corrected chi connectivity index (χ3v) is 6.16. The lowest BCUT2D eigenvalue weighted by atomic mass is 9.87. The molecule has 4 fully saturated rings. The molecule has 2 aliphatic heterocycles. The van der Waals surface area contributed by atoms with E-state index in [-0.39, 0.29) is 0 Å². The lowest BCUT2D eigenvalue weighted by molar-refractivity contribution is 0.206. The maximum Gasteiger partial charge on any atom is 0.0120 e. The van der Waals surface area contributed by atoms with E-state index in [0.717, 1.165) is 29.7 Å². The van der Waals surface area contributed by atoms with Crippen molar-refractivity contribution in [3.63, 3.8) is 0 Å². The molecule has 6 unspecified atom stereocenters. The van der Waals surface area contributed by atoms with Crippen LogP contribution in [0.2, 0.25) is 0 Å². The van der Waals surface area contributed by atoms with Crippen molar-refractivity contribution in [2.45, 2.75) is 44.6 Å². The Balaban J connectivity index is 1.30. The van der Waals surface area contributed by atoms with Gasteiger partial charge in [0.25, 0.3) is 0 Å². The van der Waals surface area contributed by atoms with Gasteiger partial charge in [0.1, 0.15) is 0 Å². The van der Waals surface area contributed by atoms with Gasteiger partial charge >= 0.3 is 0 Å². The molecule has 96 valence electrons. The minimum atomic E-state index is 0.855. The van der Waals surface area contributed by atoms with Crippen LogP contribution in [0.25, 0.3) is 0 Å². The first-order valence-electron chi connectivity index (χ1n) is 7.84. The second kappa shape index (κ2) is 4.24. The number of hydrogen-bond donors (Lipinski definition) is 1. The summed E-state index contributed by atoms with van der Waals surface area (Å²) < 4.78 is 0. The molecule has 2 heterocycles. The number of piperidine rings is 1. The molecule has 0 aromatic heterocycles. The van der Waals surface area contributed by atoms with Crippen LogP contribution in [0.15, 0.2) is 0 Å². The largest absolute Gasteiger partial charge is 0.313 e. The number of hydrogen-bond acceptors (Lipinski definition) is 2. The minimum Gasteiger partial charge on any atom is -0.313 e. The van der Waals surface area contributed by atoms with Crippen LogP contribution >= 0.6 is 0 Å². The third-order valence-electron chi connectivity index (χ3n) is 6.16. The van der Waals surface area contributed by atoms with E-state index >= 15 is 0 Å². The van der Waals surface area contributed by atoms with E-state index in [9.17, 15) is 0 Å². The Labute approximate surface area is 105 Å². The number of fused-ring (bicyclic) bond motifs is 4. The molecule has 2 saturated heterocycles. The molecular weight excluding hydrogens is 208 g/mol. The number of rotatable bonds is 3. The minimum absolute atomic E-state index is 0.855. The van der Waals surface area contributed by atoms with Crippen LogP contribution in [0.1, 0.15) is 38.5 Å². The molecule has 2 aliphatic carbocycles. The van der Waals surface area contributed by atoms with Crippen molar-refractivity contribution in [3.8, 4) is 0 Å². The molecule has 0 spiro atoms. The van der Waals surface area contributed by atoms with Gasteiger partial charge in [-0.25, -0.2) is 0 Å². The maximum absolute atomic E-state index is 3.95. The van der Waals surface area contributed by atoms with Crippen LogP contribution in [0.4, 0.5) is 0 Å². The Bertz CT molecular complexity index is 291. The highest BCUT2D eigenvalue weighted by Crippen LogP contribution is 2.48. The highest BCUT2D eigenvalue weighted by Gasteiger charge is 2.40. The van der Waals surface area contributed by atoms with Gasteiger partial charge in [-0.1, -0.05) is 6.42 Å². The quantitative estimate of drug-likeness (QED) is 0.804. The van der Waals surface area contributed by atoms with Crippen molar-refractivity contribution >= 4 is 0 Å². The normalized spacial score (nSPS) is 52.2. The van der Waals surface area contributed by atoms with Crippen LogP contribution in [-0.2, 0) is 0 Å². The van der Waals surface area contributed by atoms with Gasteiger partial charge in [-0.05, 0) is 75.4 Å². The van der Waals surface area contributed by atoms with Gasteiger partial charge in [-0.2, -0.15) is 0 Å². The number of nitrogens with one attached hydrogen (secondary N) is 1. The lowest BCUT2D eigenvalue weighted by Crippen LogP contribution is -2.45. The molecule has 1 N–H and O–H groups in total. The van der Waals surface area contributed by atoms with Crippen LogP contribution in [0.3, 0.4) is 0 Å². The first-order valence-corrected chi connectivity index (χ1v) is 7.84. The SMILES string of the molecule is C1CC2CC1CC2CNC1CCN2CCC1C2. The molecule has 4 rings (SSSR count). The van der Waals surface area contributed by atoms with Gasteiger partial charge in [-0.3, -0.25) is 0 Å². The average molecular weight is 234 g/mol. The summed E-state index contributed by atoms with van der Waals surface area (Å²) in [7, 11) is 0. The van der Waals surface area contributed by atoms with Gasteiger partial charge < -0.3 is 10.2 Å². The van der Waals surface area contributed by atoms with Gasteiger partial charge in [-0.15, -0.1) is 0 Å². The van der Waals surface area contributed by atoms with Crippen LogP contribution in [0, 0.1) is 23.7 Å². The molecule has 17 heavy (non-hydrogen) atoms. The maximum atomic E-state index is 3.95. The summed E-state index contributed by atoms with van der Waals surface area (Å²) in [6.07, 6.45) is 9.05. The van der Waals surface area contributed by atoms with Gasteiger partial charge in [0.2, 0.25) is 0 Å². The molecule has 4 aliphatic rings. The van der Waals surface area contributed by atoms with Crippen molar-refractivity contribution in [3.05, 3.63) is 0 Å². The molecule has 2 nitrogen and oxygen atoms in total. The monoisotopic (exact) mass is 234 g/mol. The Kier molecular flexibility index (Phi) is 2.69. The highest BCUT2D eigenvalue weighted by atomic mass is 15.2. The Morgan fingerprint density at radius 3 is 2.71 bits per heavy atom. The molecule has 2 saturated carbocycles. The summed E-state index contributed by atoms with van der Waals surface area (Å²) >= 11 is 0. The molecule has 2 heteroatoms. The van der Waals surface area contributed by atoms with Crippen molar-refractivity contribution in [1.82, 2.24) is 10.2 Å². The fourth-order valence-electron chi connectivity index (χ4n) is 5.15. The molecule has 0 radical (unpaired) electrons. The van der Waals surface area contributed by atoms with E-state index in [2.05, 4.69) is 10.2 Å². The summed E-state index contributed by atoms with van der Waals surface area (Å²) in [5.74, 6) is 4.21. The Morgan fingerprint density at radius 1 is 0.941 bits per heavy atom. The van der Waals surface area contributed by atoms with Gasteiger partial charge in [0, 0.05) is 12.6 Å². The Hall–Kier alpha value is -0.0800. The molecule has 0 aromatic rings. The predicted octanol–water partition coefficient (Wildman–Crippen LogP) is 2.11. The summed E-state index contributed by atoms with van der Waals surface area (Å²) in [5, 5.41) is 3.95. The van der Waals surface area contributed by atoms with Crippen molar-refractivity contribution in [2.24, 2.45) is 23.7 Å². The second-order valence-corrected chi connectivity index (χ2v) is 7.09. The Morgan fingerprint density at radius 2 is 1.88 bits per heavy atom. The average Bonchev–Trinajstić information content (AvgIpc) is 3.04. The van der Waals surface area contributed by atoms with E-state index in [4.69, 9.17) is 0 Å². The molecule has 4 bridgehead atoms.